The summed E-state index contributed by atoms with van der Waals surface area (Å²) in [5.74, 6) is -0.327. The average molecular weight is 788 g/mol. The Bertz CT molecular complexity index is 843. The Hall–Kier alpha value is -0.760. The molecule has 0 aliphatic rings. The number of hydrogen-bond donors (Lipinski definition) is 2. The minimum absolute atomic E-state index is 0.0933. The maximum absolute atomic E-state index is 12.6. The van der Waals surface area contributed by atoms with E-state index in [0.717, 1.165) is 32.1 Å². The van der Waals surface area contributed by atoms with Crippen molar-refractivity contribution in [3.8, 4) is 0 Å². The van der Waals surface area contributed by atoms with Gasteiger partial charge in [-0.2, -0.15) is 0 Å². The highest BCUT2D eigenvalue weighted by atomic mass is 31.2. The van der Waals surface area contributed by atoms with Crippen molar-refractivity contribution in [3.05, 3.63) is 12.2 Å². The zero-order valence-electron chi connectivity index (χ0n) is 35.7. The first kappa shape index (κ1) is 53.2. The summed E-state index contributed by atoms with van der Waals surface area (Å²) in [6, 6.07) is 0. The second-order valence-electron chi connectivity index (χ2n) is 15.6. The predicted molar refractivity (Wildman–Crippen MR) is 229 cm³/mol. The van der Waals surface area contributed by atoms with Crippen LogP contribution in [0, 0.1) is 0 Å². The molecule has 8 nitrogen and oxygen atoms in total. The standard InChI is InChI=1S/C45H90NO7P/c1-3-5-7-9-11-13-15-17-18-19-20-21-22-23-24-25-26-27-28-30-32-34-36-38-45(47)53-44(43-52-54(48,49)51-41-39-46)42-50-40-37-35-33-31-29-16-14-12-10-8-6-4-2/h10,12,44H,3-9,11,13-43,46H2,1-2H3,(H,48,49)/b12-10-. The molecule has 0 saturated carbocycles. The molecule has 0 aliphatic heterocycles. The first-order chi connectivity index (χ1) is 26.4. The Morgan fingerprint density at radius 2 is 0.944 bits per heavy atom. The summed E-state index contributed by atoms with van der Waals surface area (Å²) in [6.07, 6.45) is 46.7. The van der Waals surface area contributed by atoms with E-state index in [2.05, 4.69) is 26.0 Å². The summed E-state index contributed by atoms with van der Waals surface area (Å²) in [4.78, 5) is 22.5. The molecule has 0 rings (SSSR count). The van der Waals surface area contributed by atoms with Gasteiger partial charge >= 0.3 is 13.8 Å². The minimum atomic E-state index is -4.27. The van der Waals surface area contributed by atoms with E-state index in [1.165, 1.54) is 180 Å². The predicted octanol–water partition coefficient (Wildman–Crippen LogP) is 13.9. The zero-order valence-corrected chi connectivity index (χ0v) is 36.6. The topological polar surface area (TPSA) is 117 Å². The van der Waals surface area contributed by atoms with Gasteiger partial charge in [0.2, 0.25) is 0 Å². The number of carbonyl (C=O) groups excluding carboxylic acids is 1. The van der Waals surface area contributed by atoms with Gasteiger partial charge in [0.25, 0.3) is 0 Å². The van der Waals surface area contributed by atoms with E-state index in [-0.39, 0.29) is 32.3 Å². The minimum Gasteiger partial charge on any atom is -0.457 e. The first-order valence-electron chi connectivity index (χ1n) is 23.2. The Morgan fingerprint density at radius 1 is 0.537 bits per heavy atom. The highest BCUT2D eigenvalue weighted by Crippen LogP contribution is 2.43. The Balaban J connectivity index is 3.88. The number of nitrogens with two attached hydrogens (primary N) is 1. The Labute approximate surface area is 334 Å². The number of rotatable bonds is 45. The van der Waals surface area contributed by atoms with Gasteiger partial charge in [0.1, 0.15) is 6.10 Å². The molecule has 0 aliphatic carbocycles. The fraction of sp³-hybridized carbons (Fsp3) is 0.933. The fourth-order valence-corrected chi connectivity index (χ4v) is 7.51. The van der Waals surface area contributed by atoms with Crippen LogP contribution in [0.25, 0.3) is 0 Å². The lowest BCUT2D eigenvalue weighted by atomic mass is 10.0. The molecule has 0 saturated heterocycles. The first-order valence-corrected chi connectivity index (χ1v) is 24.7. The van der Waals surface area contributed by atoms with Crippen LogP contribution in [0.15, 0.2) is 12.2 Å². The molecular formula is C45H90NO7P. The molecule has 2 atom stereocenters. The second-order valence-corrected chi connectivity index (χ2v) is 17.1. The van der Waals surface area contributed by atoms with Crippen molar-refractivity contribution in [2.45, 2.75) is 238 Å². The number of ether oxygens (including phenoxy) is 2. The molecule has 54 heavy (non-hydrogen) atoms. The number of phosphoric acid groups is 1. The highest BCUT2D eigenvalue weighted by molar-refractivity contribution is 7.47. The Morgan fingerprint density at radius 3 is 1.41 bits per heavy atom. The van der Waals surface area contributed by atoms with Crippen LogP contribution in [-0.2, 0) is 27.9 Å². The van der Waals surface area contributed by atoms with Gasteiger partial charge in [-0.15, -0.1) is 0 Å². The number of phosphoric ester groups is 1. The number of hydrogen-bond acceptors (Lipinski definition) is 7. The molecule has 0 aromatic rings. The quantitative estimate of drug-likeness (QED) is 0.0271. The number of esters is 1. The lowest BCUT2D eigenvalue weighted by Crippen LogP contribution is -2.28. The van der Waals surface area contributed by atoms with Crippen LogP contribution in [0.5, 0.6) is 0 Å². The van der Waals surface area contributed by atoms with Crippen molar-refractivity contribution in [1.29, 1.82) is 0 Å². The molecule has 0 spiro atoms. The molecule has 0 fully saturated rings. The molecule has 0 aromatic carbocycles. The van der Waals surface area contributed by atoms with E-state index in [4.69, 9.17) is 24.3 Å². The van der Waals surface area contributed by atoms with Gasteiger partial charge in [-0.25, -0.2) is 4.57 Å². The lowest BCUT2D eigenvalue weighted by molar-refractivity contribution is -0.154. The molecule has 322 valence electrons. The van der Waals surface area contributed by atoms with Crippen molar-refractivity contribution < 1.29 is 32.8 Å². The molecular weight excluding hydrogens is 697 g/mol. The SMILES string of the molecule is CCCC/C=C\CCCCCCCCOCC(COP(=O)(O)OCCN)OC(=O)CCCCCCCCCCCCCCCCCCCCCCCCC. The molecule has 0 heterocycles. The van der Waals surface area contributed by atoms with Gasteiger partial charge < -0.3 is 20.1 Å². The third-order valence-corrected chi connectivity index (χ3v) is 11.2. The number of unbranched alkanes of at least 4 members (excludes halogenated alkanes) is 30. The van der Waals surface area contributed by atoms with E-state index >= 15 is 0 Å². The smallest absolute Gasteiger partial charge is 0.457 e. The van der Waals surface area contributed by atoms with Crippen LogP contribution >= 0.6 is 7.82 Å². The summed E-state index contributed by atoms with van der Waals surface area (Å²) in [7, 11) is -4.27. The van der Waals surface area contributed by atoms with E-state index in [1.54, 1.807) is 0 Å². The van der Waals surface area contributed by atoms with E-state index < -0.39 is 13.9 Å². The van der Waals surface area contributed by atoms with Gasteiger partial charge in [-0.05, 0) is 32.1 Å². The maximum atomic E-state index is 12.6. The number of allylic oxidation sites excluding steroid dienone is 2. The monoisotopic (exact) mass is 788 g/mol. The van der Waals surface area contributed by atoms with Crippen LogP contribution in [0.4, 0.5) is 0 Å². The molecule has 0 radical (unpaired) electrons. The summed E-state index contributed by atoms with van der Waals surface area (Å²) >= 11 is 0. The number of carbonyl (C=O) groups is 1. The summed E-state index contributed by atoms with van der Waals surface area (Å²) in [5.41, 5.74) is 5.37. The van der Waals surface area contributed by atoms with Gasteiger partial charge in [0.15, 0.2) is 0 Å². The molecule has 3 N–H and O–H groups in total. The molecule has 0 aromatic heterocycles. The second kappa shape index (κ2) is 43.4. The third-order valence-electron chi connectivity index (χ3n) is 10.2. The van der Waals surface area contributed by atoms with Crippen LogP contribution < -0.4 is 5.73 Å². The van der Waals surface area contributed by atoms with Crippen LogP contribution in [0.1, 0.15) is 232 Å². The van der Waals surface area contributed by atoms with Gasteiger partial charge in [0, 0.05) is 19.6 Å². The average Bonchev–Trinajstić information content (AvgIpc) is 3.16. The Kier molecular flexibility index (Phi) is 42.8. The van der Waals surface area contributed by atoms with Gasteiger partial charge in [-0.3, -0.25) is 13.8 Å². The summed E-state index contributed by atoms with van der Waals surface area (Å²) in [6.45, 7) is 4.92. The van der Waals surface area contributed by atoms with Crippen molar-refractivity contribution in [1.82, 2.24) is 0 Å². The van der Waals surface area contributed by atoms with Crippen LogP contribution in [0.2, 0.25) is 0 Å². The lowest BCUT2D eigenvalue weighted by Gasteiger charge is -2.20. The highest BCUT2D eigenvalue weighted by Gasteiger charge is 2.25. The van der Waals surface area contributed by atoms with Crippen LogP contribution in [0.3, 0.4) is 0 Å². The van der Waals surface area contributed by atoms with Crippen molar-refractivity contribution in [2.24, 2.45) is 5.73 Å². The van der Waals surface area contributed by atoms with Gasteiger partial charge in [0.05, 0.1) is 19.8 Å². The van der Waals surface area contributed by atoms with Crippen LogP contribution in [-0.4, -0.2) is 49.9 Å². The van der Waals surface area contributed by atoms with E-state index in [1.807, 2.05) is 0 Å². The maximum Gasteiger partial charge on any atom is 0.472 e. The third kappa shape index (κ3) is 42.4. The molecule has 0 amide bonds. The summed E-state index contributed by atoms with van der Waals surface area (Å²) in [5, 5.41) is 0. The normalized spacial score (nSPS) is 13.5. The van der Waals surface area contributed by atoms with Gasteiger partial charge in [-0.1, -0.05) is 206 Å². The molecule has 9 heteroatoms. The van der Waals surface area contributed by atoms with Crippen molar-refractivity contribution in [2.75, 3.05) is 33.0 Å². The largest absolute Gasteiger partial charge is 0.472 e. The fourth-order valence-electron chi connectivity index (χ4n) is 6.74. The molecule has 0 bridgehead atoms. The summed E-state index contributed by atoms with van der Waals surface area (Å²) < 4.78 is 33.4. The van der Waals surface area contributed by atoms with E-state index in [9.17, 15) is 14.3 Å². The van der Waals surface area contributed by atoms with E-state index in [0.29, 0.717) is 13.0 Å². The van der Waals surface area contributed by atoms with Crippen molar-refractivity contribution >= 4 is 13.8 Å². The molecule has 2 unspecified atom stereocenters. The van der Waals surface area contributed by atoms with Crippen molar-refractivity contribution in [3.63, 3.8) is 0 Å². The zero-order chi connectivity index (χ0) is 39.5.